The van der Waals surface area contributed by atoms with E-state index >= 15 is 0 Å². The first kappa shape index (κ1) is 20.4. The van der Waals surface area contributed by atoms with E-state index in [1.54, 1.807) is 0 Å². The normalized spacial score (nSPS) is 21.0. The third-order valence-corrected chi connectivity index (χ3v) is 6.11. The number of halogens is 1. The Hall–Kier alpha value is -1.30. The lowest BCUT2D eigenvalue weighted by Crippen LogP contribution is -2.49. The standard InChI is InChI=1S/C21H33ClN4O/c1-23-20(24-10-13-26-11-3-2-4-12-26)25-17-21(8-14-27-15-9-21)18-6-5-7-19(22)16-18/h5-7,16H,2-4,8-15,17H2,1H3,(H2,23,24,25). The Morgan fingerprint density at radius 2 is 1.96 bits per heavy atom. The maximum Gasteiger partial charge on any atom is 0.191 e. The van der Waals surface area contributed by atoms with Gasteiger partial charge in [-0.25, -0.2) is 0 Å². The number of hydrogen-bond acceptors (Lipinski definition) is 3. The molecule has 5 nitrogen and oxygen atoms in total. The van der Waals surface area contributed by atoms with Crippen molar-refractivity contribution in [3.05, 3.63) is 34.9 Å². The summed E-state index contributed by atoms with van der Waals surface area (Å²) in [6.45, 7) is 6.86. The SMILES string of the molecule is CN=C(NCCN1CCCCC1)NCC1(c2cccc(Cl)c2)CCOCC1. The molecule has 27 heavy (non-hydrogen) atoms. The number of ether oxygens (including phenoxy) is 1. The topological polar surface area (TPSA) is 48.9 Å². The van der Waals surface area contributed by atoms with Crippen LogP contribution >= 0.6 is 11.6 Å². The van der Waals surface area contributed by atoms with Gasteiger partial charge < -0.3 is 20.3 Å². The van der Waals surface area contributed by atoms with Crippen molar-refractivity contribution in [3.63, 3.8) is 0 Å². The highest BCUT2D eigenvalue weighted by molar-refractivity contribution is 6.30. The summed E-state index contributed by atoms with van der Waals surface area (Å²) in [6, 6.07) is 8.26. The first-order chi connectivity index (χ1) is 13.2. The maximum absolute atomic E-state index is 6.27. The minimum absolute atomic E-state index is 0.0354. The minimum atomic E-state index is 0.0354. The van der Waals surface area contributed by atoms with E-state index in [0.717, 1.165) is 56.7 Å². The molecule has 1 aromatic carbocycles. The number of hydrogen-bond donors (Lipinski definition) is 2. The monoisotopic (exact) mass is 392 g/mol. The molecule has 2 aliphatic heterocycles. The highest BCUT2D eigenvalue weighted by Gasteiger charge is 2.34. The molecule has 2 saturated heterocycles. The summed E-state index contributed by atoms with van der Waals surface area (Å²) >= 11 is 6.27. The molecule has 2 aliphatic rings. The molecule has 0 radical (unpaired) electrons. The van der Waals surface area contributed by atoms with Crippen molar-refractivity contribution in [1.29, 1.82) is 0 Å². The molecule has 2 fully saturated rings. The second kappa shape index (κ2) is 10.3. The average Bonchev–Trinajstić information content (AvgIpc) is 2.72. The first-order valence-corrected chi connectivity index (χ1v) is 10.6. The van der Waals surface area contributed by atoms with Gasteiger partial charge in [-0.1, -0.05) is 30.2 Å². The van der Waals surface area contributed by atoms with E-state index in [1.165, 1.54) is 37.9 Å². The van der Waals surface area contributed by atoms with Crippen LogP contribution in [-0.2, 0) is 10.2 Å². The van der Waals surface area contributed by atoms with Crippen molar-refractivity contribution < 1.29 is 4.74 Å². The molecule has 0 spiro atoms. The number of piperidine rings is 1. The zero-order valence-corrected chi connectivity index (χ0v) is 17.2. The quantitative estimate of drug-likeness (QED) is 0.577. The molecule has 1 aromatic rings. The van der Waals surface area contributed by atoms with E-state index in [-0.39, 0.29) is 5.41 Å². The summed E-state index contributed by atoms with van der Waals surface area (Å²) < 4.78 is 5.63. The summed E-state index contributed by atoms with van der Waals surface area (Å²) in [5.41, 5.74) is 1.32. The van der Waals surface area contributed by atoms with Crippen LogP contribution in [0.5, 0.6) is 0 Å². The van der Waals surface area contributed by atoms with Gasteiger partial charge in [-0.15, -0.1) is 0 Å². The molecular formula is C21H33ClN4O. The smallest absolute Gasteiger partial charge is 0.191 e. The number of rotatable bonds is 6. The van der Waals surface area contributed by atoms with E-state index < -0.39 is 0 Å². The summed E-state index contributed by atoms with van der Waals surface area (Å²) in [5, 5.41) is 7.83. The Bertz CT molecular complexity index is 610. The predicted molar refractivity (Wildman–Crippen MR) is 113 cm³/mol. The second-order valence-corrected chi connectivity index (χ2v) is 8.09. The van der Waals surface area contributed by atoms with Gasteiger partial charge in [0.15, 0.2) is 5.96 Å². The van der Waals surface area contributed by atoms with Gasteiger partial charge in [-0.05, 0) is 56.5 Å². The lowest BCUT2D eigenvalue weighted by atomic mass is 9.74. The van der Waals surface area contributed by atoms with Crippen molar-refractivity contribution in [2.75, 3.05) is 53.0 Å². The maximum atomic E-state index is 6.27. The van der Waals surface area contributed by atoms with Crippen molar-refractivity contribution in [2.45, 2.75) is 37.5 Å². The summed E-state index contributed by atoms with van der Waals surface area (Å²) in [4.78, 5) is 6.95. The fourth-order valence-electron chi connectivity index (χ4n) is 4.14. The molecule has 3 rings (SSSR count). The summed E-state index contributed by atoms with van der Waals surface area (Å²) in [6.07, 6.45) is 6.02. The molecule has 0 amide bonds. The molecule has 150 valence electrons. The van der Waals surface area contributed by atoms with Crippen LogP contribution in [0.2, 0.25) is 5.02 Å². The number of likely N-dealkylation sites (tertiary alicyclic amines) is 1. The Balaban J connectivity index is 1.55. The molecule has 0 unspecified atom stereocenters. The van der Waals surface area contributed by atoms with Crippen LogP contribution in [0, 0.1) is 0 Å². The number of benzene rings is 1. The molecule has 0 aliphatic carbocycles. The van der Waals surface area contributed by atoms with Crippen LogP contribution in [0.4, 0.5) is 0 Å². The fraction of sp³-hybridized carbons (Fsp3) is 0.667. The van der Waals surface area contributed by atoms with E-state index in [9.17, 15) is 0 Å². The molecule has 0 bridgehead atoms. The second-order valence-electron chi connectivity index (χ2n) is 7.66. The molecule has 0 atom stereocenters. The third kappa shape index (κ3) is 5.84. The van der Waals surface area contributed by atoms with E-state index in [0.29, 0.717) is 0 Å². The molecule has 0 saturated carbocycles. The van der Waals surface area contributed by atoms with Crippen molar-refractivity contribution in [2.24, 2.45) is 4.99 Å². The Kier molecular flexibility index (Phi) is 7.80. The molecule has 6 heteroatoms. The van der Waals surface area contributed by atoms with Crippen LogP contribution in [0.15, 0.2) is 29.3 Å². The molecule has 0 aromatic heterocycles. The van der Waals surface area contributed by atoms with Crippen LogP contribution < -0.4 is 10.6 Å². The van der Waals surface area contributed by atoms with Gasteiger partial charge in [0.1, 0.15) is 0 Å². The summed E-state index contributed by atoms with van der Waals surface area (Å²) in [7, 11) is 1.84. The van der Waals surface area contributed by atoms with Crippen molar-refractivity contribution in [1.82, 2.24) is 15.5 Å². The van der Waals surface area contributed by atoms with Gasteiger partial charge in [0.25, 0.3) is 0 Å². The highest BCUT2D eigenvalue weighted by Crippen LogP contribution is 2.35. The van der Waals surface area contributed by atoms with Gasteiger partial charge >= 0.3 is 0 Å². The number of guanidine groups is 1. The lowest BCUT2D eigenvalue weighted by molar-refractivity contribution is 0.0514. The van der Waals surface area contributed by atoms with E-state index in [4.69, 9.17) is 16.3 Å². The van der Waals surface area contributed by atoms with Gasteiger partial charge in [0.2, 0.25) is 0 Å². The largest absolute Gasteiger partial charge is 0.381 e. The minimum Gasteiger partial charge on any atom is -0.381 e. The van der Waals surface area contributed by atoms with Crippen LogP contribution in [-0.4, -0.2) is 63.8 Å². The van der Waals surface area contributed by atoms with Gasteiger partial charge in [0.05, 0.1) is 0 Å². The van der Waals surface area contributed by atoms with Crippen LogP contribution in [0.3, 0.4) is 0 Å². The van der Waals surface area contributed by atoms with Gasteiger partial charge in [-0.3, -0.25) is 4.99 Å². The molecule has 2 N–H and O–H groups in total. The van der Waals surface area contributed by atoms with Crippen molar-refractivity contribution >= 4 is 17.6 Å². The van der Waals surface area contributed by atoms with E-state index in [2.05, 4.69) is 32.7 Å². The fourth-order valence-corrected chi connectivity index (χ4v) is 4.33. The van der Waals surface area contributed by atoms with Gasteiger partial charge in [0, 0.05) is 50.3 Å². The number of nitrogens with one attached hydrogen (secondary N) is 2. The third-order valence-electron chi connectivity index (χ3n) is 5.87. The predicted octanol–water partition coefficient (Wildman–Crippen LogP) is 3.04. The number of nitrogens with zero attached hydrogens (tertiary/aromatic N) is 2. The van der Waals surface area contributed by atoms with E-state index in [1.807, 2.05) is 19.2 Å². The molecule has 2 heterocycles. The first-order valence-electron chi connectivity index (χ1n) is 10.2. The molecular weight excluding hydrogens is 360 g/mol. The summed E-state index contributed by atoms with van der Waals surface area (Å²) in [5.74, 6) is 0.875. The number of aliphatic imine (C=N–C) groups is 1. The van der Waals surface area contributed by atoms with Crippen LogP contribution in [0.25, 0.3) is 0 Å². The van der Waals surface area contributed by atoms with Crippen molar-refractivity contribution in [3.8, 4) is 0 Å². The zero-order chi connectivity index (χ0) is 19.0. The Labute approximate surface area is 168 Å². The van der Waals surface area contributed by atoms with Crippen LogP contribution in [0.1, 0.15) is 37.7 Å². The highest BCUT2D eigenvalue weighted by atomic mass is 35.5. The van der Waals surface area contributed by atoms with Gasteiger partial charge in [-0.2, -0.15) is 0 Å². The average molecular weight is 393 g/mol. The Morgan fingerprint density at radius 1 is 1.19 bits per heavy atom. The Morgan fingerprint density at radius 3 is 2.67 bits per heavy atom. The zero-order valence-electron chi connectivity index (χ0n) is 16.5. The lowest BCUT2D eigenvalue weighted by Gasteiger charge is -2.38.